The van der Waals surface area contributed by atoms with Crippen LogP contribution < -0.4 is 10.6 Å². The molecule has 3 atom stereocenters. The molecule has 1 aromatic rings. The molecule has 0 bridgehead atoms. The molecular weight excluding hydrogens is 272 g/mol. The second kappa shape index (κ2) is 6.30. The van der Waals surface area contributed by atoms with Crippen LogP contribution in [-0.2, 0) is 4.79 Å². The minimum absolute atomic E-state index is 0.0493. The number of rotatable bonds is 5. The molecule has 21 heavy (non-hydrogen) atoms. The molecule has 6 nitrogen and oxygen atoms in total. The number of furan rings is 1. The normalized spacial score (nSPS) is 26.3. The lowest BCUT2D eigenvalue weighted by Gasteiger charge is -2.31. The zero-order valence-corrected chi connectivity index (χ0v) is 12.4. The van der Waals surface area contributed by atoms with Gasteiger partial charge in [0.25, 0.3) is 5.91 Å². The summed E-state index contributed by atoms with van der Waals surface area (Å²) in [6.45, 7) is 3.66. The minimum Gasteiger partial charge on any atom is -0.472 e. The van der Waals surface area contributed by atoms with E-state index in [-0.39, 0.29) is 29.9 Å². The zero-order chi connectivity index (χ0) is 15.5. The van der Waals surface area contributed by atoms with E-state index in [9.17, 15) is 14.7 Å². The lowest BCUT2D eigenvalue weighted by atomic mass is 9.85. The fourth-order valence-electron chi connectivity index (χ4n) is 2.70. The summed E-state index contributed by atoms with van der Waals surface area (Å²) >= 11 is 0. The van der Waals surface area contributed by atoms with Crippen LogP contribution in [0.5, 0.6) is 0 Å². The number of carbonyl (C=O) groups is 2. The van der Waals surface area contributed by atoms with Crippen molar-refractivity contribution >= 4 is 11.8 Å². The lowest BCUT2D eigenvalue weighted by molar-refractivity contribution is -0.124. The molecule has 6 heteroatoms. The van der Waals surface area contributed by atoms with Gasteiger partial charge in [-0.2, -0.15) is 0 Å². The predicted molar refractivity (Wildman–Crippen MR) is 76.6 cm³/mol. The van der Waals surface area contributed by atoms with Crippen LogP contribution in [0.3, 0.4) is 0 Å². The van der Waals surface area contributed by atoms with E-state index in [1.165, 1.54) is 12.5 Å². The topological polar surface area (TPSA) is 91.6 Å². The Morgan fingerprint density at radius 3 is 2.95 bits per heavy atom. The van der Waals surface area contributed by atoms with Crippen molar-refractivity contribution in [2.45, 2.75) is 45.2 Å². The van der Waals surface area contributed by atoms with Crippen LogP contribution in [-0.4, -0.2) is 35.6 Å². The first-order valence-electron chi connectivity index (χ1n) is 7.20. The number of aliphatic hydroxyl groups is 1. The van der Waals surface area contributed by atoms with Crippen LogP contribution in [0.25, 0.3) is 0 Å². The Bertz CT molecular complexity index is 500. The standard InChI is InChI=1S/C15H22N2O4/c1-10(16-14(20)11-5-7-21-8-11)13(19)17-12-4-3-6-15(12,2)9-18/h5,7-8,10,12,18H,3-4,6,9H2,1-2H3,(H,16,20)(H,17,19)/t10-,12+,15+/m0/s1. The Balaban J connectivity index is 1.89. The summed E-state index contributed by atoms with van der Waals surface area (Å²) in [4.78, 5) is 24.0. The highest BCUT2D eigenvalue weighted by Gasteiger charge is 2.39. The van der Waals surface area contributed by atoms with Crippen molar-refractivity contribution in [1.82, 2.24) is 10.6 Å². The third-order valence-corrected chi connectivity index (χ3v) is 4.28. The lowest BCUT2D eigenvalue weighted by Crippen LogP contribution is -2.51. The van der Waals surface area contributed by atoms with Gasteiger partial charge in [0.15, 0.2) is 0 Å². The van der Waals surface area contributed by atoms with Crippen molar-refractivity contribution in [3.05, 3.63) is 24.2 Å². The quantitative estimate of drug-likeness (QED) is 0.757. The number of aliphatic hydroxyl groups excluding tert-OH is 1. The maximum Gasteiger partial charge on any atom is 0.255 e. The number of hydrogen-bond acceptors (Lipinski definition) is 4. The van der Waals surface area contributed by atoms with Gasteiger partial charge < -0.3 is 20.2 Å². The molecule has 3 N–H and O–H groups in total. The molecule has 0 aliphatic heterocycles. The third-order valence-electron chi connectivity index (χ3n) is 4.28. The van der Waals surface area contributed by atoms with Crippen LogP contribution in [0.2, 0.25) is 0 Å². The summed E-state index contributed by atoms with van der Waals surface area (Å²) in [5.74, 6) is -0.582. The van der Waals surface area contributed by atoms with Gasteiger partial charge in [-0.05, 0) is 25.8 Å². The van der Waals surface area contributed by atoms with Gasteiger partial charge in [0.05, 0.1) is 18.4 Å². The van der Waals surface area contributed by atoms with E-state index >= 15 is 0 Å². The summed E-state index contributed by atoms with van der Waals surface area (Å²) in [6.07, 6.45) is 5.47. The molecule has 1 aliphatic rings. The smallest absolute Gasteiger partial charge is 0.255 e. The van der Waals surface area contributed by atoms with E-state index in [2.05, 4.69) is 10.6 Å². The first-order valence-corrected chi connectivity index (χ1v) is 7.20. The molecule has 0 saturated heterocycles. The molecule has 1 saturated carbocycles. The van der Waals surface area contributed by atoms with E-state index in [1.54, 1.807) is 13.0 Å². The van der Waals surface area contributed by atoms with Crippen molar-refractivity contribution in [3.63, 3.8) is 0 Å². The summed E-state index contributed by atoms with van der Waals surface area (Å²) in [7, 11) is 0. The van der Waals surface area contributed by atoms with Gasteiger partial charge in [0.2, 0.25) is 5.91 Å². The second-order valence-corrected chi connectivity index (χ2v) is 5.97. The van der Waals surface area contributed by atoms with Gasteiger partial charge in [0, 0.05) is 11.5 Å². The number of nitrogens with one attached hydrogen (secondary N) is 2. The maximum absolute atomic E-state index is 12.2. The fourth-order valence-corrected chi connectivity index (χ4v) is 2.70. The van der Waals surface area contributed by atoms with Crippen LogP contribution in [0, 0.1) is 5.41 Å². The largest absolute Gasteiger partial charge is 0.472 e. The minimum atomic E-state index is -0.643. The van der Waals surface area contributed by atoms with Gasteiger partial charge >= 0.3 is 0 Å². The molecule has 1 fully saturated rings. The molecule has 116 valence electrons. The summed E-state index contributed by atoms with van der Waals surface area (Å²) in [6, 6.07) is 0.846. The van der Waals surface area contributed by atoms with Crippen LogP contribution >= 0.6 is 0 Å². The molecule has 0 radical (unpaired) electrons. The molecule has 0 aromatic carbocycles. The molecule has 0 spiro atoms. The highest BCUT2D eigenvalue weighted by molar-refractivity contribution is 5.97. The first kappa shape index (κ1) is 15.6. The van der Waals surface area contributed by atoms with Crippen LogP contribution in [0.1, 0.15) is 43.5 Å². The van der Waals surface area contributed by atoms with E-state index < -0.39 is 6.04 Å². The second-order valence-electron chi connectivity index (χ2n) is 5.97. The number of hydrogen-bond donors (Lipinski definition) is 3. The molecule has 1 aliphatic carbocycles. The van der Waals surface area contributed by atoms with Crippen molar-refractivity contribution in [2.24, 2.45) is 5.41 Å². The average Bonchev–Trinajstić information content (AvgIpc) is 3.10. The SMILES string of the molecule is C[C@H](NC(=O)c1ccoc1)C(=O)N[C@@H]1CCC[C@]1(C)CO. The molecule has 2 rings (SSSR count). The van der Waals surface area contributed by atoms with Crippen LogP contribution in [0.4, 0.5) is 0 Å². The predicted octanol–water partition coefficient (Wildman–Crippen LogP) is 1.07. The first-order chi connectivity index (χ1) is 9.96. The molecule has 0 unspecified atom stereocenters. The monoisotopic (exact) mass is 294 g/mol. The number of amides is 2. The Labute approximate surface area is 123 Å². The number of carbonyl (C=O) groups excluding carboxylic acids is 2. The molecule has 1 heterocycles. The molecular formula is C15H22N2O4. The molecule has 2 amide bonds. The van der Waals surface area contributed by atoms with Crippen molar-refractivity contribution < 1.29 is 19.1 Å². The van der Waals surface area contributed by atoms with Crippen molar-refractivity contribution in [3.8, 4) is 0 Å². The zero-order valence-electron chi connectivity index (χ0n) is 12.4. The summed E-state index contributed by atoms with van der Waals surface area (Å²) in [5.41, 5.74) is 0.111. The van der Waals surface area contributed by atoms with E-state index in [0.717, 1.165) is 19.3 Å². The van der Waals surface area contributed by atoms with Gasteiger partial charge in [-0.3, -0.25) is 9.59 Å². The highest BCUT2D eigenvalue weighted by Crippen LogP contribution is 2.37. The fraction of sp³-hybridized carbons (Fsp3) is 0.600. The Hall–Kier alpha value is -1.82. The summed E-state index contributed by atoms with van der Waals surface area (Å²) in [5, 5.41) is 15.0. The maximum atomic E-state index is 12.2. The van der Waals surface area contributed by atoms with Gasteiger partial charge in [0.1, 0.15) is 12.3 Å². The van der Waals surface area contributed by atoms with E-state index in [1.807, 2.05) is 6.92 Å². The third kappa shape index (κ3) is 3.44. The van der Waals surface area contributed by atoms with E-state index in [0.29, 0.717) is 5.56 Å². The van der Waals surface area contributed by atoms with Gasteiger partial charge in [-0.1, -0.05) is 13.3 Å². The Morgan fingerprint density at radius 1 is 1.57 bits per heavy atom. The highest BCUT2D eigenvalue weighted by atomic mass is 16.3. The van der Waals surface area contributed by atoms with Gasteiger partial charge in [-0.25, -0.2) is 0 Å². The van der Waals surface area contributed by atoms with E-state index in [4.69, 9.17) is 4.42 Å². The summed E-state index contributed by atoms with van der Waals surface area (Å²) < 4.78 is 4.84. The van der Waals surface area contributed by atoms with Crippen molar-refractivity contribution in [1.29, 1.82) is 0 Å². The Morgan fingerprint density at radius 2 is 2.33 bits per heavy atom. The molecule has 1 aromatic heterocycles. The van der Waals surface area contributed by atoms with Gasteiger partial charge in [-0.15, -0.1) is 0 Å². The van der Waals surface area contributed by atoms with Crippen molar-refractivity contribution in [2.75, 3.05) is 6.61 Å². The van der Waals surface area contributed by atoms with Crippen LogP contribution in [0.15, 0.2) is 23.0 Å². The Kier molecular flexibility index (Phi) is 4.67. The average molecular weight is 294 g/mol.